The second-order valence-corrected chi connectivity index (χ2v) is 6.94. The van der Waals surface area contributed by atoms with Gasteiger partial charge in [0, 0.05) is 13.1 Å². The van der Waals surface area contributed by atoms with E-state index < -0.39 is 10.0 Å². The molecule has 0 amide bonds. The van der Waals surface area contributed by atoms with Crippen molar-refractivity contribution in [2.24, 2.45) is 0 Å². The zero-order valence-electron chi connectivity index (χ0n) is 11.7. The second kappa shape index (κ2) is 5.05. The average Bonchev–Trinajstić information content (AvgIpc) is 2.91. The van der Waals surface area contributed by atoms with E-state index in [1.807, 2.05) is 12.1 Å². The third kappa shape index (κ3) is 2.48. The standard InChI is InChI=1S/C15H17N3O2S/c1-17-21(19,20)13-6-7-14(16)15(8-13)18-9-11-4-2-3-5-12(11)10-18/h2-8,17H,9-10,16H2,1H3. The predicted octanol–water partition coefficient (Wildman–Crippen LogP) is 1.70. The van der Waals surface area contributed by atoms with Crippen LogP contribution in [-0.2, 0) is 23.1 Å². The summed E-state index contributed by atoms with van der Waals surface area (Å²) in [6, 6.07) is 13.0. The van der Waals surface area contributed by atoms with Gasteiger partial charge in [0.1, 0.15) is 0 Å². The number of sulfonamides is 1. The third-order valence-corrected chi connectivity index (χ3v) is 5.17. The lowest BCUT2D eigenvalue weighted by atomic mass is 10.1. The highest BCUT2D eigenvalue weighted by atomic mass is 32.2. The maximum Gasteiger partial charge on any atom is 0.240 e. The van der Waals surface area contributed by atoms with Crippen LogP contribution in [0, 0.1) is 0 Å². The smallest absolute Gasteiger partial charge is 0.240 e. The number of nitrogen functional groups attached to an aromatic ring is 1. The number of benzene rings is 2. The van der Waals surface area contributed by atoms with Crippen LogP contribution in [0.5, 0.6) is 0 Å². The first-order chi connectivity index (χ1) is 10.0. The van der Waals surface area contributed by atoms with Gasteiger partial charge in [0.15, 0.2) is 0 Å². The fourth-order valence-corrected chi connectivity index (χ4v) is 3.34. The lowest BCUT2D eigenvalue weighted by Crippen LogP contribution is -2.21. The molecule has 3 N–H and O–H groups in total. The van der Waals surface area contributed by atoms with Gasteiger partial charge in [-0.25, -0.2) is 13.1 Å². The van der Waals surface area contributed by atoms with Crippen molar-refractivity contribution in [1.29, 1.82) is 0 Å². The van der Waals surface area contributed by atoms with E-state index in [9.17, 15) is 8.42 Å². The number of rotatable bonds is 3. The maximum atomic E-state index is 11.9. The van der Waals surface area contributed by atoms with Crippen molar-refractivity contribution in [3.8, 4) is 0 Å². The van der Waals surface area contributed by atoms with Crippen molar-refractivity contribution in [2.75, 3.05) is 17.7 Å². The van der Waals surface area contributed by atoms with Crippen LogP contribution in [0.3, 0.4) is 0 Å². The highest BCUT2D eigenvalue weighted by Crippen LogP contribution is 2.33. The third-order valence-electron chi connectivity index (χ3n) is 3.76. The van der Waals surface area contributed by atoms with Crippen molar-refractivity contribution < 1.29 is 8.42 Å². The molecule has 21 heavy (non-hydrogen) atoms. The second-order valence-electron chi connectivity index (χ2n) is 5.05. The first kappa shape index (κ1) is 13.9. The van der Waals surface area contributed by atoms with Gasteiger partial charge < -0.3 is 10.6 Å². The van der Waals surface area contributed by atoms with Gasteiger partial charge in [-0.2, -0.15) is 0 Å². The normalized spacial score (nSPS) is 14.2. The monoisotopic (exact) mass is 303 g/mol. The fourth-order valence-electron chi connectivity index (χ4n) is 2.59. The maximum absolute atomic E-state index is 11.9. The van der Waals surface area contributed by atoms with E-state index in [4.69, 9.17) is 5.73 Å². The van der Waals surface area contributed by atoms with Crippen LogP contribution in [0.1, 0.15) is 11.1 Å². The number of anilines is 2. The molecule has 0 bridgehead atoms. The Morgan fingerprint density at radius 3 is 2.29 bits per heavy atom. The topological polar surface area (TPSA) is 75.4 Å². The lowest BCUT2D eigenvalue weighted by Gasteiger charge is -2.20. The molecular formula is C15H17N3O2S. The van der Waals surface area contributed by atoms with E-state index in [2.05, 4.69) is 21.8 Å². The van der Waals surface area contributed by atoms with Crippen LogP contribution in [0.2, 0.25) is 0 Å². The van der Waals surface area contributed by atoms with Gasteiger partial charge in [-0.3, -0.25) is 0 Å². The number of nitrogens with one attached hydrogen (secondary N) is 1. The van der Waals surface area contributed by atoms with E-state index >= 15 is 0 Å². The molecule has 0 saturated carbocycles. The van der Waals surface area contributed by atoms with Gasteiger partial charge in [-0.1, -0.05) is 24.3 Å². The molecule has 0 spiro atoms. The van der Waals surface area contributed by atoms with Crippen LogP contribution < -0.4 is 15.4 Å². The molecule has 0 radical (unpaired) electrons. The number of nitrogens with zero attached hydrogens (tertiary/aromatic N) is 1. The zero-order valence-corrected chi connectivity index (χ0v) is 12.5. The molecule has 0 atom stereocenters. The summed E-state index contributed by atoms with van der Waals surface area (Å²) in [6.45, 7) is 1.48. The Balaban J connectivity index is 1.99. The predicted molar refractivity (Wildman–Crippen MR) is 83.4 cm³/mol. The quantitative estimate of drug-likeness (QED) is 0.846. The van der Waals surface area contributed by atoms with Gasteiger partial charge in [0.05, 0.1) is 16.3 Å². The first-order valence-corrected chi connectivity index (χ1v) is 8.14. The Kier molecular flexibility index (Phi) is 3.35. The molecule has 1 aliphatic heterocycles. The Bertz CT molecular complexity index is 762. The fraction of sp³-hybridized carbons (Fsp3) is 0.200. The number of hydrogen-bond acceptors (Lipinski definition) is 4. The first-order valence-electron chi connectivity index (χ1n) is 6.66. The van der Waals surface area contributed by atoms with Crippen molar-refractivity contribution >= 4 is 21.4 Å². The summed E-state index contributed by atoms with van der Waals surface area (Å²) in [6.07, 6.45) is 0. The molecule has 1 heterocycles. The summed E-state index contributed by atoms with van der Waals surface area (Å²) in [4.78, 5) is 2.32. The van der Waals surface area contributed by atoms with Gasteiger partial charge >= 0.3 is 0 Å². The van der Waals surface area contributed by atoms with Crippen LogP contribution >= 0.6 is 0 Å². The van der Waals surface area contributed by atoms with Crippen molar-refractivity contribution in [3.63, 3.8) is 0 Å². The minimum atomic E-state index is -3.47. The summed E-state index contributed by atoms with van der Waals surface area (Å²) in [5.74, 6) is 0. The highest BCUT2D eigenvalue weighted by Gasteiger charge is 2.22. The van der Waals surface area contributed by atoms with E-state index in [0.717, 1.165) is 18.8 Å². The van der Waals surface area contributed by atoms with Crippen LogP contribution in [-0.4, -0.2) is 15.5 Å². The Morgan fingerprint density at radius 1 is 1.10 bits per heavy atom. The molecule has 0 unspecified atom stereocenters. The molecule has 0 saturated heterocycles. The molecule has 1 aliphatic rings. The highest BCUT2D eigenvalue weighted by molar-refractivity contribution is 7.89. The van der Waals surface area contributed by atoms with E-state index in [0.29, 0.717) is 5.69 Å². The van der Waals surface area contributed by atoms with Crippen molar-refractivity contribution in [2.45, 2.75) is 18.0 Å². The van der Waals surface area contributed by atoms with E-state index in [1.165, 1.54) is 24.2 Å². The Hall–Kier alpha value is -2.05. The molecule has 2 aromatic rings. The SMILES string of the molecule is CNS(=O)(=O)c1ccc(N)c(N2Cc3ccccc3C2)c1. The van der Waals surface area contributed by atoms with Crippen LogP contribution in [0.4, 0.5) is 11.4 Å². The van der Waals surface area contributed by atoms with E-state index in [-0.39, 0.29) is 4.90 Å². The van der Waals surface area contributed by atoms with Crippen LogP contribution in [0.15, 0.2) is 47.4 Å². The summed E-state index contributed by atoms with van der Waals surface area (Å²) >= 11 is 0. The van der Waals surface area contributed by atoms with Crippen LogP contribution in [0.25, 0.3) is 0 Å². The molecule has 3 rings (SSSR count). The summed E-state index contributed by atoms with van der Waals surface area (Å²) < 4.78 is 26.2. The van der Waals surface area contributed by atoms with Gasteiger partial charge in [0.2, 0.25) is 10.0 Å². The molecule has 0 aliphatic carbocycles. The number of fused-ring (bicyclic) bond motifs is 1. The largest absolute Gasteiger partial charge is 0.397 e. The van der Waals surface area contributed by atoms with Gasteiger partial charge in [-0.05, 0) is 36.4 Å². The summed E-state index contributed by atoms with van der Waals surface area (Å²) in [5.41, 5.74) is 9.86. The lowest BCUT2D eigenvalue weighted by molar-refractivity contribution is 0.588. The van der Waals surface area contributed by atoms with Crippen molar-refractivity contribution in [1.82, 2.24) is 4.72 Å². The van der Waals surface area contributed by atoms with Gasteiger partial charge in [0.25, 0.3) is 0 Å². The van der Waals surface area contributed by atoms with Crippen molar-refractivity contribution in [3.05, 3.63) is 53.6 Å². The molecule has 5 nitrogen and oxygen atoms in total. The Morgan fingerprint density at radius 2 is 1.71 bits per heavy atom. The summed E-state index contributed by atoms with van der Waals surface area (Å²) in [5, 5.41) is 0. The molecule has 0 aromatic heterocycles. The molecule has 110 valence electrons. The molecule has 2 aromatic carbocycles. The average molecular weight is 303 g/mol. The minimum Gasteiger partial charge on any atom is -0.397 e. The Labute approximate surface area is 124 Å². The van der Waals surface area contributed by atoms with Gasteiger partial charge in [-0.15, -0.1) is 0 Å². The zero-order chi connectivity index (χ0) is 15.0. The molecular weight excluding hydrogens is 286 g/mol. The minimum absolute atomic E-state index is 0.227. The molecule has 0 fully saturated rings. The van der Waals surface area contributed by atoms with E-state index in [1.54, 1.807) is 12.1 Å². The molecule has 6 heteroatoms. The number of hydrogen-bond donors (Lipinski definition) is 2. The number of nitrogens with two attached hydrogens (primary N) is 1. The summed E-state index contributed by atoms with van der Waals surface area (Å²) in [7, 11) is -2.07.